The zero-order valence-electron chi connectivity index (χ0n) is 26.5. The van der Waals surface area contributed by atoms with Gasteiger partial charge >= 0.3 is 0 Å². The number of nitrogens with one attached hydrogen (secondary N) is 3. The van der Waals surface area contributed by atoms with Gasteiger partial charge in [0.25, 0.3) is 11.8 Å². The Morgan fingerprint density at radius 1 is 0.878 bits per heavy atom. The number of amides is 3. The molecule has 0 saturated heterocycles. The summed E-state index contributed by atoms with van der Waals surface area (Å²) in [6.45, 7) is 1.79. The van der Waals surface area contributed by atoms with Crippen LogP contribution in [0.5, 0.6) is 11.5 Å². The minimum absolute atomic E-state index is 0.0218. The summed E-state index contributed by atoms with van der Waals surface area (Å²) >= 11 is 15.0. The van der Waals surface area contributed by atoms with Gasteiger partial charge in [-0.15, -0.1) is 23.1 Å². The minimum Gasteiger partial charge on any atom is -0.493 e. The molecule has 0 saturated carbocycles. The molecular formula is C36H30Cl2N4O5S2. The summed E-state index contributed by atoms with van der Waals surface area (Å²) < 4.78 is 10.7. The summed E-state index contributed by atoms with van der Waals surface area (Å²) in [6.07, 6.45) is 1.55. The molecule has 1 aromatic heterocycles. The molecule has 0 aliphatic rings. The summed E-state index contributed by atoms with van der Waals surface area (Å²) in [5, 5.41) is 11.2. The zero-order valence-corrected chi connectivity index (χ0v) is 29.6. The van der Waals surface area contributed by atoms with Gasteiger partial charge in [-0.3, -0.25) is 14.4 Å². The fourth-order valence-corrected chi connectivity index (χ4v) is 6.57. The normalized spacial score (nSPS) is 11.7. The van der Waals surface area contributed by atoms with Gasteiger partial charge in [-0.05, 0) is 85.3 Å². The highest BCUT2D eigenvalue weighted by Crippen LogP contribution is 2.33. The van der Waals surface area contributed by atoms with Crippen LogP contribution in [0.4, 0.5) is 10.8 Å². The number of aromatic nitrogens is 1. The number of methoxy groups -OCH3 is 2. The SMILES string of the molecule is COc1ccc(/C=C(\NC(=O)c2ccccc2)C(=O)Nc2ccc(SC(C)C(=O)Nc3nc(-c4ccc(Cl)cc4Cl)cs3)cc2)cc1OC. The fourth-order valence-electron chi connectivity index (χ4n) is 4.48. The van der Waals surface area contributed by atoms with E-state index in [1.165, 1.54) is 37.3 Å². The number of thiazole rings is 1. The first-order valence-corrected chi connectivity index (χ1v) is 17.2. The molecule has 0 fully saturated rings. The monoisotopic (exact) mass is 732 g/mol. The Morgan fingerprint density at radius 2 is 1.61 bits per heavy atom. The Bertz CT molecular complexity index is 2000. The van der Waals surface area contributed by atoms with Gasteiger partial charge in [-0.25, -0.2) is 4.98 Å². The molecule has 1 atom stereocenters. The number of rotatable bonds is 12. The predicted molar refractivity (Wildman–Crippen MR) is 198 cm³/mol. The highest BCUT2D eigenvalue weighted by Gasteiger charge is 2.19. The van der Waals surface area contributed by atoms with E-state index in [-0.39, 0.29) is 11.6 Å². The van der Waals surface area contributed by atoms with Crippen molar-refractivity contribution in [1.82, 2.24) is 10.3 Å². The molecule has 1 heterocycles. The van der Waals surface area contributed by atoms with E-state index >= 15 is 0 Å². The topological polar surface area (TPSA) is 119 Å². The largest absolute Gasteiger partial charge is 0.493 e. The summed E-state index contributed by atoms with van der Waals surface area (Å²) in [5.74, 6) is -0.190. The molecule has 0 aliphatic carbocycles. The number of halogens is 2. The Morgan fingerprint density at radius 3 is 2.31 bits per heavy atom. The number of nitrogens with zero attached hydrogens (tertiary/aromatic N) is 1. The van der Waals surface area contributed by atoms with E-state index in [0.29, 0.717) is 49.2 Å². The molecule has 0 aliphatic heterocycles. The van der Waals surface area contributed by atoms with Gasteiger partial charge in [0.15, 0.2) is 16.6 Å². The van der Waals surface area contributed by atoms with Gasteiger partial charge in [-0.2, -0.15) is 0 Å². The molecule has 49 heavy (non-hydrogen) atoms. The molecule has 13 heteroatoms. The molecule has 3 N–H and O–H groups in total. The third-order valence-corrected chi connectivity index (χ3v) is 9.40. The highest BCUT2D eigenvalue weighted by atomic mass is 35.5. The van der Waals surface area contributed by atoms with Crippen molar-refractivity contribution in [2.75, 3.05) is 24.9 Å². The Hall–Kier alpha value is -4.81. The number of hydrogen-bond acceptors (Lipinski definition) is 8. The van der Waals surface area contributed by atoms with Crippen LogP contribution >= 0.6 is 46.3 Å². The third-order valence-electron chi connectivity index (χ3n) is 6.98. The number of benzene rings is 4. The Labute approximate surface area is 301 Å². The smallest absolute Gasteiger partial charge is 0.272 e. The summed E-state index contributed by atoms with van der Waals surface area (Å²) in [5.41, 5.74) is 2.89. The fraction of sp³-hybridized carbons (Fsp3) is 0.111. The molecule has 5 aromatic rings. The van der Waals surface area contributed by atoms with Gasteiger partial charge in [-0.1, -0.05) is 47.5 Å². The Balaban J connectivity index is 1.24. The molecule has 1 unspecified atom stereocenters. The van der Waals surface area contributed by atoms with Crippen LogP contribution in [0.25, 0.3) is 17.3 Å². The van der Waals surface area contributed by atoms with Crippen molar-refractivity contribution in [3.05, 3.63) is 123 Å². The molecule has 250 valence electrons. The number of carbonyl (C=O) groups excluding carboxylic acids is 3. The second-order valence-electron chi connectivity index (χ2n) is 10.4. The van der Waals surface area contributed by atoms with Gasteiger partial charge in [0.2, 0.25) is 5.91 Å². The van der Waals surface area contributed by atoms with Crippen LogP contribution in [0, 0.1) is 0 Å². The van der Waals surface area contributed by atoms with Crippen LogP contribution in [0.2, 0.25) is 10.0 Å². The van der Waals surface area contributed by atoms with E-state index in [1.54, 1.807) is 104 Å². The molecule has 9 nitrogen and oxygen atoms in total. The van der Waals surface area contributed by atoms with Crippen LogP contribution in [-0.2, 0) is 9.59 Å². The first-order chi connectivity index (χ1) is 23.6. The van der Waals surface area contributed by atoms with Crippen molar-refractivity contribution in [2.45, 2.75) is 17.1 Å². The van der Waals surface area contributed by atoms with Crippen LogP contribution in [0.15, 0.2) is 107 Å². The standard InChI is InChI=1S/C36H30Cl2N4O5S2/c1-21(33(43)42-36-41-30(20-48-36)27-15-10-24(37)19-28(27)38)49-26-13-11-25(12-14-26)39-35(45)29(40-34(44)23-7-5-4-6-8-23)17-22-9-16-31(46-2)32(18-22)47-3/h4-21H,1-3H3,(H,39,45)(H,40,44)(H,41,42,43)/b29-17-. The van der Waals surface area contributed by atoms with E-state index < -0.39 is 17.1 Å². The first kappa shape index (κ1) is 35.5. The lowest BCUT2D eigenvalue weighted by atomic mass is 10.1. The molecule has 0 spiro atoms. The highest BCUT2D eigenvalue weighted by molar-refractivity contribution is 8.00. The summed E-state index contributed by atoms with van der Waals surface area (Å²) in [6, 6.07) is 26.0. The van der Waals surface area contributed by atoms with E-state index in [1.807, 2.05) is 5.38 Å². The average molecular weight is 734 g/mol. The van der Waals surface area contributed by atoms with Crippen LogP contribution in [0.1, 0.15) is 22.8 Å². The van der Waals surface area contributed by atoms with Crippen molar-refractivity contribution in [3.8, 4) is 22.8 Å². The van der Waals surface area contributed by atoms with Crippen molar-refractivity contribution in [2.24, 2.45) is 0 Å². The number of anilines is 2. The molecule has 3 amide bonds. The van der Waals surface area contributed by atoms with Gasteiger partial charge in [0, 0.05) is 32.1 Å². The Kier molecular flexibility index (Phi) is 12.0. The second-order valence-corrected chi connectivity index (χ2v) is 13.5. The predicted octanol–water partition coefficient (Wildman–Crippen LogP) is 8.66. The maximum Gasteiger partial charge on any atom is 0.272 e. The van der Waals surface area contributed by atoms with Gasteiger partial charge in [0.05, 0.1) is 30.2 Å². The number of carbonyl (C=O) groups is 3. The summed E-state index contributed by atoms with van der Waals surface area (Å²) in [4.78, 5) is 44.8. The molecule has 5 rings (SSSR count). The summed E-state index contributed by atoms with van der Waals surface area (Å²) in [7, 11) is 3.05. The van der Waals surface area contributed by atoms with Crippen molar-refractivity contribution in [3.63, 3.8) is 0 Å². The quantitative estimate of drug-likeness (QED) is 0.0868. The van der Waals surface area contributed by atoms with Gasteiger partial charge < -0.3 is 25.4 Å². The lowest BCUT2D eigenvalue weighted by Gasteiger charge is -2.13. The number of ether oxygens (including phenoxy) is 2. The second kappa shape index (κ2) is 16.5. The number of thioether (sulfide) groups is 1. The molecular weight excluding hydrogens is 703 g/mol. The maximum absolute atomic E-state index is 13.5. The van der Waals surface area contributed by atoms with Crippen molar-refractivity contribution < 1.29 is 23.9 Å². The van der Waals surface area contributed by atoms with Crippen LogP contribution in [0.3, 0.4) is 0 Å². The van der Waals surface area contributed by atoms with E-state index in [4.69, 9.17) is 32.7 Å². The van der Waals surface area contributed by atoms with Crippen LogP contribution < -0.4 is 25.4 Å². The zero-order chi connectivity index (χ0) is 34.9. The van der Waals surface area contributed by atoms with Gasteiger partial charge in [0.1, 0.15) is 5.70 Å². The van der Waals surface area contributed by atoms with E-state index in [9.17, 15) is 14.4 Å². The first-order valence-electron chi connectivity index (χ1n) is 14.7. The van der Waals surface area contributed by atoms with E-state index in [0.717, 1.165) is 10.5 Å². The van der Waals surface area contributed by atoms with Crippen molar-refractivity contribution >= 4 is 80.9 Å². The minimum atomic E-state index is -0.532. The third kappa shape index (κ3) is 9.42. The van der Waals surface area contributed by atoms with E-state index in [2.05, 4.69) is 20.9 Å². The lowest BCUT2D eigenvalue weighted by Crippen LogP contribution is -2.30. The molecule has 0 bridgehead atoms. The maximum atomic E-state index is 13.5. The molecule has 4 aromatic carbocycles. The van der Waals surface area contributed by atoms with Crippen molar-refractivity contribution in [1.29, 1.82) is 0 Å². The van der Waals surface area contributed by atoms with Crippen LogP contribution in [-0.4, -0.2) is 42.2 Å². The number of hydrogen-bond donors (Lipinski definition) is 3. The molecule has 0 radical (unpaired) electrons. The lowest BCUT2D eigenvalue weighted by molar-refractivity contribution is -0.115. The average Bonchev–Trinajstić information content (AvgIpc) is 3.56.